The first-order valence-electron chi connectivity index (χ1n) is 4.30. The number of aryl methyl sites for hydroxylation is 1. The molecule has 0 radical (unpaired) electrons. The molecule has 0 aliphatic heterocycles. The van der Waals surface area contributed by atoms with E-state index in [0.717, 1.165) is 17.0 Å². The second-order valence-corrected chi connectivity index (χ2v) is 3.01. The highest BCUT2D eigenvalue weighted by molar-refractivity contribution is 5.58. The summed E-state index contributed by atoms with van der Waals surface area (Å²) in [5.41, 5.74) is 1.91. The summed E-state index contributed by atoms with van der Waals surface area (Å²) in [7, 11) is 3.50. The molecule has 0 N–H and O–H groups in total. The first-order valence-corrected chi connectivity index (χ1v) is 4.30. The topological polar surface area (TPSA) is 39.9 Å². The van der Waals surface area contributed by atoms with Crippen LogP contribution in [0.1, 0.15) is 0 Å². The Morgan fingerprint density at radius 2 is 1.93 bits per heavy atom. The van der Waals surface area contributed by atoms with Crippen molar-refractivity contribution in [2.24, 2.45) is 7.05 Å². The Bertz CT molecular complexity index is 419. The minimum Gasteiger partial charge on any atom is -0.497 e. The van der Waals surface area contributed by atoms with Gasteiger partial charge in [0.25, 0.3) is 0 Å². The Kier molecular flexibility index (Phi) is 2.18. The highest BCUT2D eigenvalue weighted by atomic mass is 16.5. The fourth-order valence-electron chi connectivity index (χ4n) is 1.24. The lowest BCUT2D eigenvalue weighted by Crippen LogP contribution is -1.85. The van der Waals surface area contributed by atoms with Crippen LogP contribution in [0.3, 0.4) is 0 Å². The third-order valence-electron chi connectivity index (χ3n) is 1.99. The molecule has 0 saturated heterocycles. The zero-order valence-corrected chi connectivity index (χ0v) is 8.14. The Labute approximate surface area is 82.1 Å². The standard InChI is InChI=1S/C10H11N3O/c1-13-7-10(11-12-13)8-3-5-9(14-2)6-4-8/h3-7H,1-2H3. The summed E-state index contributed by atoms with van der Waals surface area (Å²) in [6.07, 6.45) is 1.88. The lowest BCUT2D eigenvalue weighted by Gasteiger charge is -1.99. The van der Waals surface area contributed by atoms with Crippen LogP contribution in [0.15, 0.2) is 30.5 Å². The van der Waals surface area contributed by atoms with E-state index in [1.807, 2.05) is 37.5 Å². The highest BCUT2D eigenvalue weighted by Crippen LogP contribution is 2.19. The van der Waals surface area contributed by atoms with Crippen molar-refractivity contribution in [2.45, 2.75) is 0 Å². The highest BCUT2D eigenvalue weighted by Gasteiger charge is 2.01. The molecule has 4 nitrogen and oxygen atoms in total. The van der Waals surface area contributed by atoms with Crippen LogP contribution in [0, 0.1) is 0 Å². The van der Waals surface area contributed by atoms with Gasteiger partial charge >= 0.3 is 0 Å². The molecule has 1 aromatic heterocycles. The van der Waals surface area contributed by atoms with Gasteiger partial charge in [-0.05, 0) is 24.3 Å². The van der Waals surface area contributed by atoms with E-state index in [1.165, 1.54) is 0 Å². The van der Waals surface area contributed by atoms with Crippen LogP contribution in [0.5, 0.6) is 5.75 Å². The van der Waals surface area contributed by atoms with E-state index in [2.05, 4.69) is 10.3 Å². The third kappa shape index (κ3) is 1.59. The summed E-state index contributed by atoms with van der Waals surface area (Å²) < 4.78 is 6.75. The smallest absolute Gasteiger partial charge is 0.118 e. The Morgan fingerprint density at radius 1 is 1.21 bits per heavy atom. The quantitative estimate of drug-likeness (QED) is 0.718. The summed E-state index contributed by atoms with van der Waals surface area (Å²) >= 11 is 0. The molecule has 72 valence electrons. The molecule has 0 spiro atoms. The number of nitrogens with zero attached hydrogens (tertiary/aromatic N) is 3. The Balaban J connectivity index is 2.33. The summed E-state index contributed by atoms with van der Waals surface area (Å²) in [5.74, 6) is 0.845. The van der Waals surface area contributed by atoms with Crippen LogP contribution in [0.25, 0.3) is 11.3 Å². The van der Waals surface area contributed by atoms with Gasteiger partial charge in [-0.2, -0.15) is 0 Å². The zero-order chi connectivity index (χ0) is 9.97. The van der Waals surface area contributed by atoms with Gasteiger partial charge in [0, 0.05) is 12.6 Å². The second kappa shape index (κ2) is 3.49. The molecule has 14 heavy (non-hydrogen) atoms. The molecule has 0 fully saturated rings. The normalized spacial score (nSPS) is 10.1. The lowest BCUT2D eigenvalue weighted by atomic mass is 10.2. The number of benzene rings is 1. The van der Waals surface area contributed by atoms with E-state index < -0.39 is 0 Å². The van der Waals surface area contributed by atoms with Gasteiger partial charge < -0.3 is 4.74 Å². The minimum absolute atomic E-state index is 0.845. The molecular formula is C10H11N3O. The predicted molar refractivity (Wildman–Crippen MR) is 53.0 cm³/mol. The minimum atomic E-state index is 0.845. The second-order valence-electron chi connectivity index (χ2n) is 3.01. The molecule has 0 bridgehead atoms. The van der Waals surface area contributed by atoms with Gasteiger partial charge in [0.15, 0.2) is 0 Å². The number of ether oxygens (including phenoxy) is 1. The van der Waals surface area contributed by atoms with Crippen LogP contribution in [-0.4, -0.2) is 22.1 Å². The molecule has 0 saturated carbocycles. The van der Waals surface area contributed by atoms with Gasteiger partial charge in [0.2, 0.25) is 0 Å². The molecule has 4 heteroatoms. The van der Waals surface area contributed by atoms with Crippen molar-refractivity contribution < 1.29 is 4.74 Å². The summed E-state index contributed by atoms with van der Waals surface area (Å²) in [4.78, 5) is 0. The summed E-state index contributed by atoms with van der Waals surface area (Å²) in [6, 6.07) is 7.74. The summed E-state index contributed by atoms with van der Waals surface area (Å²) in [5, 5.41) is 7.88. The van der Waals surface area contributed by atoms with E-state index in [-0.39, 0.29) is 0 Å². The number of methoxy groups -OCH3 is 1. The molecule has 1 aromatic carbocycles. The van der Waals surface area contributed by atoms with Crippen LogP contribution >= 0.6 is 0 Å². The van der Waals surface area contributed by atoms with Crippen molar-refractivity contribution >= 4 is 0 Å². The molecule has 0 aliphatic rings. The van der Waals surface area contributed by atoms with Gasteiger partial charge in [-0.15, -0.1) is 5.10 Å². The Hall–Kier alpha value is -1.84. The monoisotopic (exact) mass is 189 g/mol. The molecule has 2 aromatic rings. The van der Waals surface area contributed by atoms with Crippen molar-refractivity contribution in [2.75, 3.05) is 7.11 Å². The maximum atomic E-state index is 5.07. The van der Waals surface area contributed by atoms with E-state index in [9.17, 15) is 0 Å². The number of hydrogen-bond acceptors (Lipinski definition) is 3. The van der Waals surface area contributed by atoms with Gasteiger partial charge in [-0.25, -0.2) is 0 Å². The first-order chi connectivity index (χ1) is 6.79. The van der Waals surface area contributed by atoms with E-state index in [0.29, 0.717) is 0 Å². The van der Waals surface area contributed by atoms with E-state index >= 15 is 0 Å². The maximum Gasteiger partial charge on any atom is 0.118 e. The molecule has 1 heterocycles. The molecule has 2 rings (SSSR count). The fraction of sp³-hybridized carbons (Fsp3) is 0.200. The maximum absolute atomic E-state index is 5.07. The van der Waals surface area contributed by atoms with E-state index in [1.54, 1.807) is 11.8 Å². The van der Waals surface area contributed by atoms with Crippen LogP contribution < -0.4 is 4.74 Å². The van der Waals surface area contributed by atoms with Crippen LogP contribution in [0.4, 0.5) is 0 Å². The summed E-state index contributed by atoms with van der Waals surface area (Å²) in [6.45, 7) is 0. The predicted octanol–water partition coefficient (Wildman–Crippen LogP) is 1.49. The van der Waals surface area contributed by atoms with E-state index in [4.69, 9.17) is 4.74 Å². The van der Waals surface area contributed by atoms with Gasteiger partial charge in [0.05, 0.1) is 13.3 Å². The van der Waals surface area contributed by atoms with Crippen molar-refractivity contribution in [1.29, 1.82) is 0 Å². The number of hydrogen-bond donors (Lipinski definition) is 0. The largest absolute Gasteiger partial charge is 0.497 e. The van der Waals surface area contributed by atoms with Crippen LogP contribution in [-0.2, 0) is 7.05 Å². The third-order valence-corrected chi connectivity index (χ3v) is 1.99. The molecule has 0 aliphatic carbocycles. The number of aromatic nitrogens is 3. The van der Waals surface area contributed by atoms with Crippen molar-refractivity contribution in [1.82, 2.24) is 15.0 Å². The fourth-order valence-corrected chi connectivity index (χ4v) is 1.24. The van der Waals surface area contributed by atoms with Crippen molar-refractivity contribution in [3.05, 3.63) is 30.5 Å². The van der Waals surface area contributed by atoms with Gasteiger partial charge in [-0.3, -0.25) is 4.68 Å². The average Bonchev–Trinajstić information content (AvgIpc) is 2.65. The SMILES string of the molecule is COc1ccc(-c2cn(C)nn2)cc1. The van der Waals surface area contributed by atoms with Gasteiger partial charge in [-0.1, -0.05) is 5.21 Å². The van der Waals surface area contributed by atoms with Crippen LogP contribution in [0.2, 0.25) is 0 Å². The molecule has 0 amide bonds. The van der Waals surface area contributed by atoms with Crippen molar-refractivity contribution in [3.8, 4) is 17.0 Å². The first kappa shape index (κ1) is 8.74. The molecule has 0 unspecified atom stereocenters. The lowest BCUT2D eigenvalue weighted by molar-refractivity contribution is 0.415. The molecular weight excluding hydrogens is 178 g/mol. The van der Waals surface area contributed by atoms with Gasteiger partial charge in [0.1, 0.15) is 11.4 Å². The molecule has 0 atom stereocenters. The average molecular weight is 189 g/mol. The van der Waals surface area contributed by atoms with Crippen molar-refractivity contribution in [3.63, 3.8) is 0 Å². The number of rotatable bonds is 2. The Morgan fingerprint density at radius 3 is 2.43 bits per heavy atom. The zero-order valence-electron chi connectivity index (χ0n) is 8.14.